The van der Waals surface area contributed by atoms with Gasteiger partial charge in [-0.05, 0) is 30.3 Å². The molecule has 0 unspecified atom stereocenters. The lowest BCUT2D eigenvalue weighted by molar-refractivity contribution is -0.115. The molecule has 2 aromatic heterocycles. The molecule has 0 fully saturated rings. The van der Waals surface area contributed by atoms with Crippen LogP contribution in [0.3, 0.4) is 0 Å². The third kappa shape index (κ3) is 4.84. The zero-order valence-corrected chi connectivity index (χ0v) is 18.2. The number of phenolic OH excluding ortho intramolecular Hbond substituents is 1. The number of carbonyl (C=O) groups excluding carboxylic acids is 1. The van der Waals surface area contributed by atoms with E-state index in [-0.39, 0.29) is 18.1 Å². The third-order valence-electron chi connectivity index (χ3n) is 4.56. The van der Waals surface area contributed by atoms with Gasteiger partial charge in [0.05, 0.1) is 44.4 Å². The van der Waals surface area contributed by atoms with Crippen LogP contribution in [0.15, 0.2) is 60.2 Å². The van der Waals surface area contributed by atoms with Crippen LogP contribution in [0.25, 0.3) is 22.0 Å². The monoisotopic (exact) mass is 448 g/mol. The topological polar surface area (TPSA) is 106 Å². The standard InChI is InChI=1S/C23H20N4O4S/c1-30-19-7-6-15(9-20(19)31-2)23-27-16(13-32-23)10-21(29)26-17-11-24-22(25-12-17)14-4-3-5-18(28)8-14/h3-9,11-13,28H,10H2,1-2H3,(H,26,29). The molecule has 0 aliphatic carbocycles. The molecular weight excluding hydrogens is 428 g/mol. The van der Waals surface area contributed by atoms with Gasteiger partial charge in [-0.15, -0.1) is 11.3 Å². The zero-order valence-electron chi connectivity index (χ0n) is 17.4. The summed E-state index contributed by atoms with van der Waals surface area (Å²) in [6, 6.07) is 12.2. The van der Waals surface area contributed by atoms with E-state index in [1.807, 2.05) is 23.6 Å². The van der Waals surface area contributed by atoms with Crippen LogP contribution < -0.4 is 14.8 Å². The Morgan fingerprint density at radius 1 is 1.03 bits per heavy atom. The average molecular weight is 449 g/mol. The van der Waals surface area contributed by atoms with Crippen molar-refractivity contribution in [1.82, 2.24) is 15.0 Å². The minimum absolute atomic E-state index is 0.123. The molecule has 0 radical (unpaired) electrons. The van der Waals surface area contributed by atoms with Gasteiger partial charge in [0.2, 0.25) is 5.91 Å². The van der Waals surface area contributed by atoms with Crippen LogP contribution in [0.2, 0.25) is 0 Å². The fourth-order valence-electron chi connectivity index (χ4n) is 3.05. The number of aromatic nitrogens is 3. The SMILES string of the molecule is COc1ccc(-c2nc(CC(=O)Nc3cnc(-c4cccc(O)c4)nc3)cs2)cc1OC. The van der Waals surface area contributed by atoms with Gasteiger partial charge in [-0.3, -0.25) is 4.79 Å². The molecular formula is C23H20N4O4S. The van der Waals surface area contributed by atoms with E-state index in [9.17, 15) is 9.90 Å². The molecule has 4 rings (SSSR count). The fraction of sp³-hybridized carbons (Fsp3) is 0.130. The molecule has 2 N–H and O–H groups in total. The van der Waals surface area contributed by atoms with Crippen LogP contribution in [0, 0.1) is 0 Å². The Bertz CT molecular complexity index is 1240. The number of anilines is 1. The van der Waals surface area contributed by atoms with Crippen LogP contribution in [-0.2, 0) is 11.2 Å². The van der Waals surface area contributed by atoms with Gasteiger partial charge in [0.1, 0.15) is 10.8 Å². The van der Waals surface area contributed by atoms with Crippen LogP contribution in [0.4, 0.5) is 5.69 Å². The second-order valence-electron chi connectivity index (χ2n) is 6.78. The molecule has 0 aliphatic heterocycles. The summed E-state index contributed by atoms with van der Waals surface area (Å²) >= 11 is 1.45. The second-order valence-corrected chi connectivity index (χ2v) is 7.64. The number of thiazole rings is 1. The minimum Gasteiger partial charge on any atom is -0.508 e. The van der Waals surface area contributed by atoms with Crippen molar-refractivity contribution in [2.75, 3.05) is 19.5 Å². The molecule has 2 heterocycles. The number of ether oxygens (including phenoxy) is 2. The van der Waals surface area contributed by atoms with Crippen molar-refractivity contribution in [3.05, 3.63) is 65.9 Å². The predicted octanol–water partition coefficient (Wildman–Crippen LogP) is 4.17. The highest BCUT2D eigenvalue weighted by atomic mass is 32.1. The van der Waals surface area contributed by atoms with E-state index in [0.717, 1.165) is 10.6 Å². The Labute approximate surface area is 188 Å². The quantitative estimate of drug-likeness (QED) is 0.437. The maximum absolute atomic E-state index is 12.4. The van der Waals surface area contributed by atoms with Crippen molar-refractivity contribution in [2.45, 2.75) is 6.42 Å². The van der Waals surface area contributed by atoms with Crippen molar-refractivity contribution in [3.63, 3.8) is 0 Å². The number of phenols is 1. The molecule has 0 saturated heterocycles. The maximum atomic E-state index is 12.4. The smallest absolute Gasteiger partial charge is 0.230 e. The van der Waals surface area contributed by atoms with Gasteiger partial charge in [0.15, 0.2) is 17.3 Å². The Morgan fingerprint density at radius 2 is 1.81 bits per heavy atom. The summed E-state index contributed by atoms with van der Waals surface area (Å²) in [5.74, 6) is 1.64. The minimum atomic E-state index is -0.220. The molecule has 32 heavy (non-hydrogen) atoms. The van der Waals surface area contributed by atoms with Gasteiger partial charge in [-0.25, -0.2) is 15.0 Å². The van der Waals surface area contributed by atoms with Gasteiger partial charge in [-0.1, -0.05) is 12.1 Å². The number of nitrogens with zero attached hydrogens (tertiary/aromatic N) is 3. The first kappa shape index (κ1) is 21.3. The van der Waals surface area contributed by atoms with Crippen LogP contribution in [0.1, 0.15) is 5.69 Å². The number of rotatable bonds is 7. The Kier molecular flexibility index (Phi) is 6.27. The van der Waals surface area contributed by atoms with Gasteiger partial charge in [0, 0.05) is 16.5 Å². The van der Waals surface area contributed by atoms with Crippen molar-refractivity contribution in [3.8, 4) is 39.2 Å². The highest BCUT2D eigenvalue weighted by Crippen LogP contribution is 2.33. The lowest BCUT2D eigenvalue weighted by atomic mass is 10.2. The van der Waals surface area contributed by atoms with E-state index in [2.05, 4.69) is 20.3 Å². The number of amides is 1. The molecule has 0 atom stereocenters. The number of aromatic hydroxyl groups is 1. The van der Waals surface area contributed by atoms with Crippen molar-refractivity contribution in [1.29, 1.82) is 0 Å². The first-order valence-electron chi connectivity index (χ1n) is 9.64. The van der Waals surface area contributed by atoms with Crippen molar-refractivity contribution < 1.29 is 19.4 Å². The van der Waals surface area contributed by atoms with Gasteiger partial charge >= 0.3 is 0 Å². The average Bonchev–Trinajstić information content (AvgIpc) is 3.27. The van der Waals surface area contributed by atoms with E-state index < -0.39 is 0 Å². The highest BCUT2D eigenvalue weighted by molar-refractivity contribution is 7.13. The molecule has 162 valence electrons. The number of methoxy groups -OCH3 is 2. The molecule has 8 nitrogen and oxygen atoms in total. The Balaban J connectivity index is 1.40. The van der Waals surface area contributed by atoms with Crippen LogP contribution in [-0.4, -0.2) is 40.2 Å². The van der Waals surface area contributed by atoms with Crippen molar-refractivity contribution >= 4 is 22.9 Å². The summed E-state index contributed by atoms with van der Waals surface area (Å²) in [6.45, 7) is 0. The van der Waals surface area contributed by atoms with Crippen molar-refractivity contribution in [2.24, 2.45) is 0 Å². The summed E-state index contributed by atoms with van der Waals surface area (Å²) in [5.41, 5.74) is 2.71. The third-order valence-corrected chi connectivity index (χ3v) is 5.50. The number of benzene rings is 2. The van der Waals surface area contributed by atoms with E-state index >= 15 is 0 Å². The molecule has 4 aromatic rings. The van der Waals surface area contributed by atoms with Crippen LogP contribution >= 0.6 is 11.3 Å². The summed E-state index contributed by atoms with van der Waals surface area (Å²) < 4.78 is 10.6. The largest absolute Gasteiger partial charge is 0.508 e. The second kappa shape index (κ2) is 9.44. The predicted molar refractivity (Wildman–Crippen MR) is 122 cm³/mol. The summed E-state index contributed by atoms with van der Waals surface area (Å²) in [7, 11) is 3.17. The van der Waals surface area contributed by atoms with Gasteiger partial charge in [-0.2, -0.15) is 0 Å². The van der Waals surface area contributed by atoms with Gasteiger partial charge in [0.25, 0.3) is 0 Å². The Hall–Kier alpha value is -3.98. The summed E-state index contributed by atoms with van der Waals surface area (Å²) in [5, 5.41) is 15.0. The van der Waals surface area contributed by atoms with E-state index in [1.165, 1.54) is 23.7 Å². The molecule has 9 heteroatoms. The lowest BCUT2D eigenvalue weighted by Crippen LogP contribution is -2.15. The number of hydrogen-bond donors (Lipinski definition) is 2. The molecule has 0 bridgehead atoms. The number of carbonyl (C=O) groups is 1. The number of hydrogen-bond acceptors (Lipinski definition) is 8. The fourth-order valence-corrected chi connectivity index (χ4v) is 3.86. The van der Waals surface area contributed by atoms with E-state index in [1.54, 1.807) is 38.5 Å². The first-order valence-corrected chi connectivity index (χ1v) is 10.5. The van der Waals surface area contributed by atoms with E-state index in [0.29, 0.717) is 34.3 Å². The first-order chi connectivity index (χ1) is 15.6. The molecule has 0 aliphatic rings. The lowest BCUT2D eigenvalue weighted by Gasteiger charge is -2.08. The zero-order chi connectivity index (χ0) is 22.5. The number of nitrogens with one attached hydrogen (secondary N) is 1. The maximum Gasteiger partial charge on any atom is 0.230 e. The van der Waals surface area contributed by atoms with Crippen LogP contribution in [0.5, 0.6) is 17.2 Å². The normalized spacial score (nSPS) is 10.6. The Morgan fingerprint density at radius 3 is 2.53 bits per heavy atom. The molecule has 0 saturated carbocycles. The highest BCUT2D eigenvalue weighted by Gasteiger charge is 2.12. The summed E-state index contributed by atoms with van der Waals surface area (Å²) in [4.78, 5) is 25.5. The molecule has 1 amide bonds. The summed E-state index contributed by atoms with van der Waals surface area (Å²) in [6.07, 6.45) is 3.18. The van der Waals surface area contributed by atoms with Gasteiger partial charge < -0.3 is 19.9 Å². The van der Waals surface area contributed by atoms with E-state index in [4.69, 9.17) is 9.47 Å². The molecule has 0 spiro atoms. The molecule has 2 aromatic carbocycles.